The lowest BCUT2D eigenvalue weighted by Gasteiger charge is -2.12. The molecule has 35 heavy (non-hydrogen) atoms. The number of carbonyl (C=O) groups is 2. The van der Waals surface area contributed by atoms with Crippen LogP contribution in [0.2, 0.25) is 0 Å². The molecule has 1 aromatic heterocycles. The van der Waals surface area contributed by atoms with E-state index in [0.29, 0.717) is 16.5 Å². The Morgan fingerprint density at radius 2 is 1.51 bits per heavy atom. The van der Waals surface area contributed by atoms with Crippen molar-refractivity contribution in [1.82, 2.24) is 25.6 Å². The number of aromatic nitrogens is 3. The third-order valence-electron chi connectivity index (χ3n) is 5.07. The third kappa shape index (κ3) is 6.48. The van der Waals surface area contributed by atoms with Crippen LogP contribution in [-0.2, 0) is 11.4 Å². The number of para-hydroxylation sites is 1. The minimum atomic E-state index is -0.383. The minimum absolute atomic E-state index is 0.0394. The number of nitrogens with zero attached hydrogens (tertiary/aromatic N) is 3. The Morgan fingerprint density at radius 1 is 0.857 bits per heavy atom. The van der Waals surface area contributed by atoms with Gasteiger partial charge in [0.2, 0.25) is 5.91 Å². The highest BCUT2D eigenvalue weighted by atomic mass is 32.2. The second-order valence-corrected chi connectivity index (χ2v) is 8.77. The molecule has 0 saturated heterocycles. The first-order chi connectivity index (χ1) is 17.0. The molecule has 0 aliphatic rings. The van der Waals surface area contributed by atoms with Gasteiger partial charge in [-0.3, -0.25) is 25.0 Å². The van der Waals surface area contributed by atoms with E-state index in [1.54, 1.807) is 12.1 Å². The zero-order chi connectivity index (χ0) is 24.6. The van der Waals surface area contributed by atoms with Crippen LogP contribution in [0, 0.1) is 13.8 Å². The zero-order valence-corrected chi connectivity index (χ0v) is 20.2. The van der Waals surface area contributed by atoms with Crippen molar-refractivity contribution in [2.24, 2.45) is 0 Å². The molecule has 0 saturated carbocycles. The van der Waals surface area contributed by atoms with E-state index in [2.05, 4.69) is 21.0 Å². The number of ether oxygens (including phenoxy) is 1. The molecular weight excluding hydrogens is 462 g/mol. The Balaban J connectivity index is 1.42. The van der Waals surface area contributed by atoms with Crippen molar-refractivity contribution in [2.75, 3.05) is 5.75 Å². The Bertz CT molecular complexity index is 1290. The second kappa shape index (κ2) is 11.3. The van der Waals surface area contributed by atoms with Gasteiger partial charge in [0.25, 0.3) is 5.91 Å². The number of aryl methyl sites for hydroxylation is 2. The van der Waals surface area contributed by atoms with Crippen LogP contribution in [0.15, 0.2) is 84.0 Å². The Labute approximate surface area is 207 Å². The monoisotopic (exact) mass is 487 g/mol. The van der Waals surface area contributed by atoms with Crippen molar-refractivity contribution < 1.29 is 14.3 Å². The predicted octanol–water partition coefficient (Wildman–Crippen LogP) is 4.02. The molecule has 1 heterocycles. The lowest BCUT2D eigenvalue weighted by Crippen LogP contribution is -2.42. The molecular formula is C26H25N5O3S. The number of benzene rings is 3. The van der Waals surface area contributed by atoms with Crippen LogP contribution in [0.25, 0.3) is 5.69 Å². The molecule has 2 amide bonds. The van der Waals surface area contributed by atoms with Gasteiger partial charge in [0, 0.05) is 11.3 Å². The van der Waals surface area contributed by atoms with Crippen LogP contribution in [-0.4, -0.2) is 32.3 Å². The van der Waals surface area contributed by atoms with Gasteiger partial charge in [-0.1, -0.05) is 65.4 Å². The first-order valence-electron chi connectivity index (χ1n) is 11.0. The maximum Gasteiger partial charge on any atom is 0.269 e. The van der Waals surface area contributed by atoms with Gasteiger partial charge < -0.3 is 4.74 Å². The molecule has 0 atom stereocenters. The van der Waals surface area contributed by atoms with E-state index in [1.165, 1.54) is 11.8 Å². The van der Waals surface area contributed by atoms with Gasteiger partial charge >= 0.3 is 0 Å². The molecule has 0 radical (unpaired) electrons. The zero-order valence-electron chi connectivity index (χ0n) is 19.4. The van der Waals surface area contributed by atoms with Crippen LogP contribution in [0.3, 0.4) is 0 Å². The van der Waals surface area contributed by atoms with Crippen LogP contribution < -0.4 is 15.6 Å². The second-order valence-electron chi connectivity index (χ2n) is 7.83. The van der Waals surface area contributed by atoms with Gasteiger partial charge in [0.15, 0.2) is 11.0 Å². The molecule has 4 aromatic rings. The molecule has 0 bridgehead atoms. The van der Waals surface area contributed by atoms with Crippen LogP contribution in [0.5, 0.6) is 5.75 Å². The standard InChI is InChI=1S/C26H25N5O3S/c1-18-8-12-20(13-9-18)25(33)29-28-24(32)17-35-26-30-27-23(16-34-22-6-4-3-5-7-22)31(26)21-14-10-19(2)11-15-21/h3-15H,16-17H2,1-2H3,(H,28,32)(H,29,33). The number of thioether (sulfide) groups is 1. The molecule has 0 fully saturated rings. The largest absolute Gasteiger partial charge is 0.486 e. The van der Waals surface area contributed by atoms with Crippen molar-refractivity contribution in [3.63, 3.8) is 0 Å². The smallest absolute Gasteiger partial charge is 0.269 e. The number of nitrogens with one attached hydrogen (secondary N) is 2. The molecule has 4 rings (SSSR count). The maximum atomic E-state index is 12.4. The predicted molar refractivity (Wildman–Crippen MR) is 134 cm³/mol. The van der Waals surface area contributed by atoms with E-state index in [9.17, 15) is 9.59 Å². The summed E-state index contributed by atoms with van der Waals surface area (Å²) in [5.74, 6) is 0.622. The number of hydrogen-bond acceptors (Lipinski definition) is 6. The number of amides is 2. The summed E-state index contributed by atoms with van der Waals surface area (Å²) in [5.41, 5.74) is 8.38. The molecule has 0 aliphatic heterocycles. The fourth-order valence-electron chi connectivity index (χ4n) is 3.17. The van der Waals surface area contributed by atoms with Crippen molar-refractivity contribution in [2.45, 2.75) is 25.6 Å². The van der Waals surface area contributed by atoms with E-state index in [1.807, 2.05) is 85.1 Å². The summed E-state index contributed by atoms with van der Waals surface area (Å²) < 4.78 is 7.74. The van der Waals surface area contributed by atoms with E-state index in [-0.39, 0.29) is 24.2 Å². The molecule has 2 N–H and O–H groups in total. The first kappa shape index (κ1) is 24.0. The molecule has 0 aliphatic carbocycles. The summed E-state index contributed by atoms with van der Waals surface area (Å²) in [6, 6.07) is 24.5. The lowest BCUT2D eigenvalue weighted by atomic mass is 10.1. The summed E-state index contributed by atoms with van der Waals surface area (Å²) >= 11 is 1.22. The SMILES string of the molecule is Cc1ccc(C(=O)NNC(=O)CSc2nnc(COc3ccccc3)n2-c2ccc(C)cc2)cc1. The van der Waals surface area contributed by atoms with E-state index >= 15 is 0 Å². The molecule has 9 heteroatoms. The van der Waals surface area contributed by atoms with Crippen LogP contribution in [0.4, 0.5) is 0 Å². The van der Waals surface area contributed by atoms with Crippen molar-refractivity contribution in [1.29, 1.82) is 0 Å². The van der Waals surface area contributed by atoms with E-state index in [0.717, 1.165) is 22.6 Å². The van der Waals surface area contributed by atoms with Crippen molar-refractivity contribution in [3.05, 3.63) is 101 Å². The Kier molecular flexibility index (Phi) is 7.79. The van der Waals surface area contributed by atoms with E-state index < -0.39 is 0 Å². The fourth-order valence-corrected chi connectivity index (χ4v) is 3.95. The van der Waals surface area contributed by atoms with Crippen LogP contribution >= 0.6 is 11.8 Å². The van der Waals surface area contributed by atoms with Gasteiger partial charge in [-0.2, -0.15) is 0 Å². The highest BCUT2D eigenvalue weighted by Gasteiger charge is 2.17. The van der Waals surface area contributed by atoms with Gasteiger partial charge in [-0.15, -0.1) is 10.2 Å². The fraction of sp³-hybridized carbons (Fsp3) is 0.154. The summed E-state index contributed by atoms with van der Waals surface area (Å²) in [7, 11) is 0. The highest BCUT2D eigenvalue weighted by molar-refractivity contribution is 7.99. The van der Waals surface area contributed by atoms with Gasteiger partial charge in [-0.05, 0) is 50.2 Å². The van der Waals surface area contributed by atoms with Crippen molar-refractivity contribution >= 4 is 23.6 Å². The van der Waals surface area contributed by atoms with Gasteiger partial charge in [0.1, 0.15) is 12.4 Å². The number of rotatable bonds is 8. The summed E-state index contributed by atoms with van der Waals surface area (Å²) in [5, 5.41) is 9.12. The normalized spacial score (nSPS) is 10.6. The van der Waals surface area contributed by atoms with Gasteiger partial charge in [0.05, 0.1) is 5.75 Å². The molecule has 8 nitrogen and oxygen atoms in total. The van der Waals surface area contributed by atoms with Gasteiger partial charge in [-0.25, -0.2) is 0 Å². The molecule has 0 unspecified atom stereocenters. The average molecular weight is 488 g/mol. The molecule has 0 spiro atoms. The number of hydrazine groups is 1. The Morgan fingerprint density at radius 3 is 2.20 bits per heavy atom. The molecule has 178 valence electrons. The molecule has 3 aromatic carbocycles. The lowest BCUT2D eigenvalue weighted by molar-refractivity contribution is -0.119. The number of carbonyl (C=O) groups excluding carboxylic acids is 2. The number of hydrogen-bond donors (Lipinski definition) is 2. The summed E-state index contributed by atoms with van der Waals surface area (Å²) in [6.07, 6.45) is 0. The summed E-state index contributed by atoms with van der Waals surface area (Å²) in [4.78, 5) is 24.6. The summed E-state index contributed by atoms with van der Waals surface area (Å²) in [6.45, 7) is 4.17. The Hall–Kier alpha value is -4.11. The van der Waals surface area contributed by atoms with Crippen molar-refractivity contribution in [3.8, 4) is 11.4 Å². The maximum absolute atomic E-state index is 12.4. The topological polar surface area (TPSA) is 98.1 Å². The average Bonchev–Trinajstić information content (AvgIpc) is 3.29. The quantitative estimate of drug-likeness (QED) is 0.288. The minimum Gasteiger partial charge on any atom is -0.486 e. The first-order valence-corrected chi connectivity index (χ1v) is 12.0. The van der Waals surface area contributed by atoms with Crippen LogP contribution in [0.1, 0.15) is 27.3 Å². The third-order valence-corrected chi connectivity index (χ3v) is 5.99. The van der Waals surface area contributed by atoms with E-state index in [4.69, 9.17) is 4.74 Å². The highest BCUT2D eigenvalue weighted by Crippen LogP contribution is 2.23.